The average molecular weight is 231 g/mol. The highest BCUT2D eigenvalue weighted by molar-refractivity contribution is 5.85. The van der Waals surface area contributed by atoms with Crippen LogP contribution in [0.3, 0.4) is 0 Å². The molecule has 17 heavy (non-hydrogen) atoms. The van der Waals surface area contributed by atoms with Crippen molar-refractivity contribution in [3.8, 4) is 0 Å². The van der Waals surface area contributed by atoms with Gasteiger partial charge in [0.1, 0.15) is 5.82 Å². The van der Waals surface area contributed by atoms with Crippen LogP contribution in [0.1, 0.15) is 12.5 Å². The maximum atomic E-state index is 13.1. The SMILES string of the molecule is CCN(C)CCc1cccc2cc(F)ccc12. The van der Waals surface area contributed by atoms with E-state index >= 15 is 0 Å². The van der Waals surface area contributed by atoms with Gasteiger partial charge in [-0.25, -0.2) is 4.39 Å². The molecule has 0 bridgehead atoms. The van der Waals surface area contributed by atoms with Crippen LogP contribution in [-0.4, -0.2) is 25.0 Å². The summed E-state index contributed by atoms with van der Waals surface area (Å²) in [6.45, 7) is 4.24. The average Bonchev–Trinajstić information content (AvgIpc) is 2.35. The zero-order valence-corrected chi connectivity index (χ0v) is 10.4. The molecule has 0 heterocycles. The molecule has 0 saturated heterocycles. The van der Waals surface area contributed by atoms with Gasteiger partial charge in [-0.1, -0.05) is 31.2 Å². The normalized spacial score (nSPS) is 11.3. The van der Waals surface area contributed by atoms with Crippen molar-refractivity contribution in [2.75, 3.05) is 20.1 Å². The molecule has 0 N–H and O–H groups in total. The lowest BCUT2D eigenvalue weighted by Gasteiger charge is -2.14. The summed E-state index contributed by atoms with van der Waals surface area (Å²) >= 11 is 0. The third kappa shape index (κ3) is 2.83. The molecule has 1 nitrogen and oxygen atoms in total. The summed E-state index contributed by atoms with van der Waals surface area (Å²) in [6, 6.07) is 11.1. The fourth-order valence-corrected chi connectivity index (χ4v) is 2.01. The summed E-state index contributed by atoms with van der Waals surface area (Å²) in [5, 5.41) is 2.15. The molecule has 0 fully saturated rings. The molecule has 2 aromatic rings. The fourth-order valence-electron chi connectivity index (χ4n) is 2.01. The van der Waals surface area contributed by atoms with Gasteiger partial charge in [0, 0.05) is 6.54 Å². The molecule has 0 amide bonds. The van der Waals surface area contributed by atoms with Crippen molar-refractivity contribution in [2.45, 2.75) is 13.3 Å². The summed E-state index contributed by atoms with van der Waals surface area (Å²) in [5.41, 5.74) is 1.29. The topological polar surface area (TPSA) is 3.24 Å². The molecule has 0 spiro atoms. The minimum absolute atomic E-state index is 0.166. The largest absolute Gasteiger partial charge is 0.306 e. The van der Waals surface area contributed by atoms with Gasteiger partial charge in [0.15, 0.2) is 0 Å². The Labute approximate surface area is 102 Å². The summed E-state index contributed by atoms with van der Waals surface area (Å²) in [5.74, 6) is -0.166. The third-order valence-corrected chi connectivity index (χ3v) is 3.24. The molecule has 0 atom stereocenters. The molecule has 0 aromatic heterocycles. The molecule has 0 radical (unpaired) electrons. The summed E-state index contributed by atoms with van der Waals surface area (Å²) in [4.78, 5) is 2.28. The van der Waals surface area contributed by atoms with E-state index < -0.39 is 0 Å². The van der Waals surface area contributed by atoms with Crippen LogP contribution in [0.2, 0.25) is 0 Å². The smallest absolute Gasteiger partial charge is 0.123 e. The number of hydrogen-bond donors (Lipinski definition) is 0. The zero-order chi connectivity index (χ0) is 12.3. The van der Waals surface area contributed by atoms with E-state index in [0.717, 1.165) is 24.9 Å². The van der Waals surface area contributed by atoms with E-state index in [-0.39, 0.29) is 5.82 Å². The van der Waals surface area contributed by atoms with Crippen LogP contribution < -0.4 is 0 Å². The summed E-state index contributed by atoms with van der Waals surface area (Å²) < 4.78 is 13.1. The highest BCUT2D eigenvalue weighted by Gasteiger charge is 2.03. The van der Waals surface area contributed by atoms with Crippen LogP contribution in [0, 0.1) is 5.82 Å². The van der Waals surface area contributed by atoms with Crippen LogP contribution in [0.25, 0.3) is 10.8 Å². The first-order chi connectivity index (χ1) is 8.20. The van der Waals surface area contributed by atoms with Crippen molar-refractivity contribution in [3.63, 3.8) is 0 Å². The lowest BCUT2D eigenvalue weighted by Crippen LogP contribution is -2.20. The van der Waals surface area contributed by atoms with Gasteiger partial charge in [-0.2, -0.15) is 0 Å². The van der Waals surface area contributed by atoms with Crippen LogP contribution in [0.5, 0.6) is 0 Å². The summed E-state index contributed by atoms with van der Waals surface area (Å²) in [7, 11) is 2.12. The summed E-state index contributed by atoms with van der Waals surface area (Å²) in [6.07, 6.45) is 1.01. The Kier molecular flexibility index (Phi) is 3.75. The van der Waals surface area contributed by atoms with Gasteiger partial charge in [-0.3, -0.25) is 0 Å². The van der Waals surface area contributed by atoms with E-state index in [9.17, 15) is 4.39 Å². The second-order valence-electron chi connectivity index (χ2n) is 4.43. The van der Waals surface area contributed by atoms with Gasteiger partial charge in [0.2, 0.25) is 0 Å². The molecule has 2 aromatic carbocycles. The number of hydrogen-bond acceptors (Lipinski definition) is 1. The quantitative estimate of drug-likeness (QED) is 0.778. The predicted molar refractivity (Wildman–Crippen MR) is 70.8 cm³/mol. The van der Waals surface area contributed by atoms with Gasteiger partial charge >= 0.3 is 0 Å². The van der Waals surface area contributed by atoms with Crippen LogP contribution in [0.15, 0.2) is 36.4 Å². The molecule has 0 aliphatic rings. The molecule has 0 saturated carbocycles. The Hall–Kier alpha value is -1.41. The Balaban J connectivity index is 2.28. The van der Waals surface area contributed by atoms with Crippen LogP contribution in [0.4, 0.5) is 4.39 Å². The van der Waals surface area contributed by atoms with E-state index in [0.29, 0.717) is 0 Å². The van der Waals surface area contributed by atoms with Gasteiger partial charge in [-0.15, -0.1) is 0 Å². The molecule has 0 aliphatic carbocycles. The number of halogens is 1. The van der Waals surface area contributed by atoms with Crippen LogP contribution >= 0.6 is 0 Å². The third-order valence-electron chi connectivity index (χ3n) is 3.24. The van der Waals surface area contributed by atoms with Crippen molar-refractivity contribution in [3.05, 3.63) is 47.8 Å². The van der Waals surface area contributed by atoms with E-state index in [1.54, 1.807) is 6.07 Å². The monoisotopic (exact) mass is 231 g/mol. The Bertz CT molecular complexity index is 507. The molecule has 90 valence electrons. The number of likely N-dealkylation sites (N-methyl/N-ethyl adjacent to an activating group) is 1. The van der Waals surface area contributed by atoms with Crippen molar-refractivity contribution >= 4 is 10.8 Å². The predicted octanol–water partition coefficient (Wildman–Crippen LogP) is 3.47. The Morgan fingerprint density at radius 2 is 2.00 bits per heavy atom. The minimum atomic E-state index is -0.166. The second-order valence-corrected chi connectivity index (χ2v) is 4.43. The van der Waals surface area contributed by atoms with E-state index in [2.05, 4.69) is 24.9 Å². The Morgan fingerprint density at radius 1 is 1.18 bits per heavy atom. The highest BCUT2D eigenvalue weighted by atomic mass is 19.1. The maximum absolute atomic E-state index is 13.1. The first-order valence-corrected chi connectivity index (χ1v) is 6.06. The number of benzene rings is 2. The number of nitrogens with zero attached hydrogens (tertiary/aromatic N) is 1. The van der Waals surface area contributed by atoms with Gasteiger partial charge in [-0.05, 0) is 48.5 Å². The maximum Gasteiger partial charge on any atom is 0.123 e. The number of fused-ring (bicyclic) bond motifs is 1. The second kappa shape index (κ2) is 5.28. The van der Waals surface area contributed by atoms with Gasteiger partial charge in [0.05, 0.1) is 0 Å². The molecular weight excluding hydrogens is 213 g/mol. The highest BCUT2D eigenvalue weighted by Crippen LogP contribution is 2.20. The molecule has 2 rings (SSSR count). The Morgan fingerprint density at radius 3 is 2.76 bits per heavy atom. The minimum Gasteiger partial charge on any atom is -0.306 e. The molecule has 0 unspecified atom stereocenters. The number of rotatable bonds is 4. The lowest BCUT2D eigenvalue weighted by molar-refractivity contribution is 0.358. The zero-order valence-electron chi connectivity index (χ0n) is 10.4. The van der Waals surface area contributed by atoms with Gasteiger partial charge < -0.3 is 4.90 Å². The standard InChI is InChI=1S/C15H18FN/c1-3-17(2)10-9-12-5-4-6-13-11-14(16)7-8-15(12)13/h4-8,11H,3,9-10H2,1-2H3. The van der Waals surface area contributed by atoms with Crippen LogP contribution in [-0.2, 0) is 6.42 Å². The first-order valence-electron chi connectivity index (χ1n) is 6.06. The van der Waals surface area contributed by atoms with E-state index in [1.807, 2.05) is 18.2 Å². The van der Waals surface area contributed by atoms with E-state index in [1.165, 1.54) is 17.0 Å². The lowest BCUT2D eigenvalue weighted by atomic mass is 10.0. The van der Waals surface area contributed by atoms with Crippen molar-refractivity contribution in [1.82, 2.24) is 4.90 Å². The van der Waals surface area contributed by atoms with Gasteiger partial charge in [0.25, 0.3) is 0 Å². The van der Waals surface area contributed by atoms with Crippen molar-refractivity contribution < 1.29 is 4.39 Å². The van der Waals surface area contributed by atoms with Crippen molar-refractivity contribution in [1.29, 1.82) is 0 Å². The van der Waals surface area contributed by atoms with Crippen molar-refractivity contribution in [2.24, 2.45) is 0 Å². The fraction of sp³-hybridized carbons (Fsp3) is 0.333. The van der Waals surface area contributed by atoms with E-state index in [4.69, 9.17) is 0 Å². The molecular formula is C15H18FN. The molecule has 0 aliphatic heterocycles. The molecule has 2 heteroatoms. The first kappa shape index (κ1) is 12.1.